The maximum absolute atomic E-state index is 14.6. The van der Waals surface area contributed by atoms with Gasteiger partial charge in [0.25, 0.3) is 0 Å². The van der Waals surface area contributed by atoms with Crippen LogP contribution in [-0.4, -0.2) is 51.7 Å². The summed E-state index contributed by atoms with van der Waals surface area (Å²) in [6.45, 7) is 5.48. The van der Waals surface area contributed by atoms with Gasteiger partial charge < -0.3 is 29.1 Å². The molecule has 0 heterocycles. The number of carboxylic acid groups (broad SMARTS) is 1. The fourth-order valence-electron chi connectivity index (χ4n) is 6.89. The Morgan fingerprint density at radius 2 is 0.982 bits per heavy atom. The largest absolute Gasteiger partial charge is 0.478 e. The van der Waals surface area contributed by atoms with E-state index in [1.165, 1.54) is 24.3 Å². The van der Waals surface area contributed by atoms with E-state index in [2.05, 4.69) is 0 Å². The van der Waals surface area contributed by atoms with Gasteiger partial charge >= 0.3 is 11.9 Å². The van der Waals surface area contributed by atoms with Gasteiger partial charge in [0, 0.05) is 26.2 Å². The summed E-state index contributed by atoms with van der Waals surface area (Å²) in [5, 5.41) is 9.29. The summed E-state index contributed by atoms with van der Waals surface area (Å²) in [5.41, 5.74) is 1.83. The minimum absolute atomic E-state index is 0.0522. The van der Waals surface area contributed by atoms with Crippen LogP contribution in [-0.2, 0) is 27.5 Å². The SMILES string of the molecule is CCCN(Cc1ccc(Oc2ccccc2)cc1)C(=O)C1CC(C(=O)Oc2ccc(C(=O)O)cc2)C1C(=O)N(CCC)Cc1ccc(Oc2ccccc2)cc1. The summed E-state index contributed by atoms with van der Waals surface area (Å²) in [7, 11) is 0. The number of rotatable bonds is 17. The zero-order valence-corrected chi connectivity index (χ0v) is 31.6. The molecule has 0 aromatic heterocycles. The van der Waals surface area contributed by atoms with E-state index in [0.717, 1.165) is 16.9 Å². The number of carbonyl (C=O) groups is 4. The van der Waals surface area contributed by atoms with Crippen molar-refractivity contribution < 1.29 is 38.5 Å². The number of benzene rings is 5. The van der Waals surface area contributed by atoms with Gasteiger partial charge in [0.2, 0.25) is 11.8 Å². The predicted octanol–water partition coefficient (Wildman–Crippen LogP) is 9.00. The Morgan fingerprint density at radius 3 is 1.43 bits per heavy atom. The molecule has 5 aromatic rings. The van der Waals surface area contributed by atoms with E-state index in [4.69, 9.17) is 14.2 Å². The average Bonchev–Trinajstić information content (AvgIpc) is 3.19. The number of hydrogen-bond donors (Lipinski definition) is 1. The van der Waals surface area contributed by atoms with Crippen molar-refractivity contribution in [2.24, 2.45) is 17.8 Å². The number of hydrogen-bond acceptors (Lipinski definition) is 7. The topological polar surface area (TPSA) is 123 Å². The first kappa shape index (κ1) is 39.3. The first-order valence-corrected chi connectivity index (χ1v) is 19.0. The Bertz CT molecular complexity index is 2070. The molecule has 0 spiro atoms. The maximum Gasteiger partial charge on any atom is 0.335 e. The van der Waals surface area contributed by atoms with Crippen LogP contribution in [0.3, 0.4) is 0 Å². The third-order valence-electron chi connectivity index (χ3n) is 9.76. The number of nitrogens with zero attached hydrogens (tertiary/aromatic N) is 2. The summed E-state index contributed by atoms with van der Waals surface area (Å²) in [5.74, 6) is -1.83. The van der Waals surface area contributed by atoms with Gasteiger partial charge in [0.15, 0.2) is 0 Å². The highest BCUT2D eigenvalue weighted by atomic mass is 16.5. The van der Waals surface area contributed by atoms with E-state index < -0.39 is 29.7 Å². The third-order valence-corrected chi connectivity index (χ3v) is 9.76. The van der Waals surface area contributed by atoms with E-state index >= 15 is 0 Å². The highest BCUT2D eigenvalue weighted by molar-refractivity contribution is 5.95. The fraction of sp³-hybridized carbons (Fsp3) is 0.261. The highest BCUT2D eigenvalue weighted by Crippen LogP contribution is 2.44. The molecule has 288 valence electrons. The Balaban J connectivity index is 1.20. The highest BCUT2D eigenvalue weighted by Gasteiger charge is 2.55. The summed E-state index contributed by atoms with van der Waals surface area (Å²) < 4.78 is 17.6. The Labute approximate surface area is 327 Å². The minimum atomic E-state index is -1.10. The molecule has 1 N–H and O–H groups in total. The molecule has 0 saturated heterocycles. The number of amides is 2. The maximum atomic E-state index is 14.6. The second kappa shape index (κ2) is 18.8. The Morgan fingerprint density at radius 1 is 0.554 bits per heavy atom. The number of ether oxygens (including phenoxy) is 3. The van der Waals surface area contributed by atoms with Crippen molar-refractivity contribution in [3.8, 4) is 28.7 Å². The van der Waals surface area contributed by atoms with Crippen LogP contribution in [0.5, 0.6) is 28.7 Å². The minimum Gasteiger partial charge on any atom is -0.478 e. The van der Waals surface area contributed by atoms with Gasteiger partial charge in [-0.2, -0.15) is 0 Å². The molecule has 5 aromatic carbocycles. The summed E-state index contributed by atoms with van der Waals surface area (Å²) in [6, 6.07) is 39.6. The zero-order chi connectivity index (χ0) is 39.4. The van der Waals surface area contributed by atoms with E-state index in [1.807, 2.05) is 123 Å². The lowest BCUT2D eigenvalue weighted by atomic mass is 9.63. The Hall–Kier alpha value is -6.42. The lowest BCUT2D eigenvalue weighted by Crippen LogP contribution is -2.57. The van der Waals surface area contributed by atoms with Crippen LogP contribution in [0.4, 0.5) is 0 Å². The van der Waals surface area contributed by atoms with Crippen molar-refractivity contribution >= 4 is 23.8 Å². The molecule has 10 nitrogen and oxygen atoms in total. The van der Waals surface area contributed by atoms with E-state index in [1.54, 1.807) is 9.80 Å². The quantitative estimate of drug-likeness (QED) is 0.0738. The molecular weight excluding hydrogens is 709 g/mol. The van der Waals surface area contributed by atoms with E-state index in [0.29, 0.717) is 49.7 Å². The molecule has 2 amide bonds. The number of carboxylic acids is 1. The monoisotopic (exact) mass is 754 g/mol. The van der Waals surface area contributed by atoms with Gasteiger partial charge in [-0.3, -0.25) is 14.4 Å². The van der Waals surface area contributed by atoms with Crippen molar-refractivity contribution in [3.63, 3.8) is 0 Å². The fourth-order valence-corrected chi connectivity index (χ4v) is 6.89. The van der Waals surface area contributed by atoms with Gasteiger partial charge in [-0.05, 0) is 103 Å². The third kappa shape index (κ3) is 10.0. The van der Waals surface area contributed by atoms with Gasteiger partial charge in [-0.25, -0.2) is 4.79 Å². The molecule has 1 aliphatic carbocycles. The van der Waals surface area contributed by atoms with Crippen LogP contribution in [0.15, 0.2) is 133 Å². The molecule has 0 bridgehead atoms. The van der Waals surface area contributed by atoms with E-state index in [9.17, 15) is 24.3 Å². The molecule has 1 saturated carbocycles. The summed E-state index contributed by atoms with van der Waals surface area (Å²) in [4.78, 5) is 57.6. The van der Waals surface area contributed by atoms with E-state index in [-0.39, 0.29) is 36.1 Å². The molecule has 0 aliphatic heterocycles. The molecule has 3 atom stereocenters. The first-order chi connectivity index (χ1) is 27.2. The molecule has 6 rings (SSSR count). The molecule has 10 heteroatoms. The van der Waals surface area contributed by atoms with Crippen LogP contribution >= 0.6 is 0 Å². The second-order valence-electron chi connectivity index (χ2n) is 13.9. The van der Waals surface area contributed by atoms with Gasteiger partial charge in [-0.15, -0.1) is 0 Å². The van der Waals surface area contributed by atoms with Gasteiger partial charge in [0.05, 0.1) is 23.3 Å². The molecular formula is C46H46N2O8. The van der Waals surface area contributed by atoms with Crippen molar-refractivity contribution in [1.29, 1.82) is 0 Å². The average molecular weight is 755 g/mol. The lowest BCUT2D eigenvalue weighted by molar-refractivity contribution is -0.167. The second-order valence-corrected chi connectivity index (χ2v) is 13.9. The number of aromatic carboxylic acids is 1. The molecule has 3 unspecified atom stereocenters. The molecule has 1 fully saturated rings. The molecule has 1 aliphatic rings. The number of esters is 1. The normalized spacial score (nSPS) is 15.9. The Kier molecular flexibility index (Phi) is 13.2. The summed E-state index contributed by atoms with van der Waals surface area (Å²) >= 11 is 0. The standard InChI is InChI=1S/C46H46N2O8/c1-3-27-47(30-32-15-21-37(22-16-32)54-35-11-7-5-8-12-35)43(49)40-29-41(46(53)56-39-25-19-34(20-26-39)45(51)52)42(40)44(50)48(28-4-2)31-33-17-23-38(24-18-33)55-36-13-9-6-10-14-36/h5-26,40-42H,3-4,27-31H2,1-2H3,(H,51,52). The van der Waals surface area contributed by atoms with Crippen LogP contribution in [0.1, 0.15) is 54.6 Å². The van der Waals surface area contributed by atoms with Crippen LogP contribution in [0.25, 0.3) is 0 Å². The first-order valence-electron chi connectivity index (χ1n) is 19.0. The molecule has 56 heavy (non-hydrogen) atoms. The number of carbonyl (C=O) groups excluding carboxylic acids is 3. The number of para-hydroxylation sites is 2. The predicted molar refractivity (Wildman–Crippen MR) is 211 cm³/mol. The van der Waals surface area contributed by atoms with Crippen LogP contribution in [0, 0.1) is 17.8 Å². The van der Waals surface area contributed by atoms with Crippen molar-refractivity contribution in [2.75, 3.05) is 13.1 Å². The van der Waals surface area contributed by atoms with Gasteiger partial charge in [0.1, 0.15) is 28.7 Å². The van der Waals surface area contributed by atoms with Crippen LogP contribution in [0.2, 0.25) is 0 Å². The lowest BCUT2D eigenvalue weighted by Gasteiger charge is -2.45. The van der Waals surface area contributed by atoms with Crippen molar-refractivity contribution in [3.05, 3.63) is 150 Å². The smallest absolute Gasteiger partial charge is 0.335 e. The summed E-state index contributed by atoms with van der Waals surface area (Å²) in [6.07, 6.45) is 1.52. The zero-order valence-electron chi connectivity index (χ0n) is 31.6. The van der Waals surface area contributed by atoms with Crippen LogP contribution < -0.4 is 14.2 Å². The van der Waals surface area contributed by atoms with Gasteiger partial charge in [-0.1, -0.05) is 74.5 Å². The van der Waals surface area contributed by atoms with Crippen molar-refractivity contribution in [1.82, 2.24) is 9.80 Å². The molecule has 0 radical (unpaired) electrons. The van der Waals surface area contributed by atoms with Crippen molar-refractivity contribution in [2.45, 2.75) is 46.2 Å².